The third kappa shape index (κ3) is 4.57. The van der Waals surface area contributed by atoms with Crippen molar-refractivity contribution >= 4 is 11.9 Å². The van der Waals surface area contributed by atoms with Gasteiger partial charge in [0.25, 0.3) is 5.91 Å². The van der Waals surface area contributed by atoms with Crippen LogP contribution in [0.15, 0.2) is 42.5 Å². The lowest BCUT2D eigenvalue weighted by atomic mass is 10.0. The van der Waals surface area contributed by atoms with E-state index < -0.39 is 17.9 Å². The maximum atomic E-state index is 12.6. The van der Waals surface area contributed by atoms with Crippen molar-refractivity contribution in [1.29, 1.82) is 0 Å². The summed E-state index contributed by atoms with van der Waals surface area (Å²) in [6, 6.07) is 10.6. The minimum absolute atomic E-state index is 0.320. The van der Waals surface area contributed by atoms with Gasteiger partial charge in [0.15, 0.2) is 6.04 Å². The Morgan fingerprint density at radius 2 is 2.07 bits per heavy atom. The molecule has 1 unspecified atom stereocenters. The van der Waals surface area contributed by atoms with Gasteiger partial charge in [-0.2, -0.15) is 0 Å². The van der Waals surface area contributed by atoms with E-state index in [-0.39, 0.29) is 0 Å². The number of ether oxygens (including phenoxy) is 3. The van der Waals surface area contributed by atoms with E-state index in [1.54, 1.807) is 49.6 Å². The van der Waals surface area contributed by atoms with Crippen molar-refractivity contribution in [2.24, 2.45) is 0 Å². The van der Waals surface area contributed by atoms with Crippen molar-refractivity contribution in [3.8, 4) is 11.5 Å². The van der Waals surface area contributed by atoms with Crippen LogP contribution in [0.5, 0.6) is 11.5 Å². The molecule has 2 N–H and O–H groups in total. The predicted molar refractivity (Wildman–Crippen MR) is 97.3 cm³/mol. The minimum Gasteiger partial charge on any atom is -0.493 e. The van der Waals surface area contributed by atoms with Gasteiger partial charge in [-0.25, -0.2) is 4.79 Å². The van der Waals surface area contributed by atoms with Gasteiger partial charge in [0.05, 0.1) is 13.2 Å². The molecule has 27 heavy (non-hydrogen) atoms. The van der Waals surface area contributed by atoms with Crippen LogP contribution in [-0.2, 0) is 16.0 Å². The van der Waals surface area contributed by atoms with Crippen molar-refractivity contribution < 1.29 is 28.9 Å². The number of carboxylic acids is 1. The number of rotatable bonds is 8. The van der Waals surface area contributed by atoms with Gasteiger partial charge in [0, 0.05) is 19.1 Å². The van der Waals surface area contributed by atoms with Crippen LogP contribution in [0, 0.1) is 0 Å². The molecule has 2 aromatic carbocycles. The molecule has 0 aliphatic carbocycles. The van der Waals surface area contributed by atoms with Crippen molar-refractivity contribution in [3.05, 3.63) is 59.2 Å². The summed E-state index contributed by atoms with van der Waals surface area (Å²) in [5.74, 6) is -0.345. The molecule has 0 saturated heterocycles. The summed E-state index contributed by atoms with van der Waals surface area (Å²) >= 11 is 0. The van der Waals surface area contributed by atoms with E-state index in [4.69, 9.17) is 14.2 Å². The average Bonchev–Trinajstić information content (AvgIpc) is 3.14. The molecule has 0 bridgehead atoms. The van der Waals surface area contributed by atoms with Gasteiger partial charge in [0.1, 0.15) is 18.1 Å². The normalized spacial score (nSPS) is 13.4. The highest BCUT2D eigenvalue weighted by molar-refractivity contribution is 5.97. The first kappa shape index (κ1) is 18.7. The monoisotopic (exact) mass is 371 g/mol. The maximum absolute atomic E-state index is 12.6. The SMILES string of the molecule is COCCOc1cccc(C(=O)NC(C(=O)O)c2ccc3c(c2)CCO3)c1. The number of methoxy groups -OCH3 is 1. The number of benzene rings is 2. The number of hydrogen-bond acceptors (Lipinski definition) is 5. The van der Waals surface area contributed by atoms with Crippen LogP contribution in [-0.4, -0.2) is 43.9 Å². The summed E-state index contributed by atoms with van der Waals surface area (Å²) < 4.78 is 15.9. The molecular formula is C20H21NO6. The maximum Gasteiger partial charge on any atom is 0.330 e. The third-order valence-corrected chi connectivity index (χ3v) is 4.22. The highest BCUT2D eigenvalue weighted by atomic mass is 16.5. The first-order valence-electron chi connectivity index (χ1n) is 8.59. The first-order valence-corrected chi connectivity index (χ1v) is 8.59. The van der Waals surface area contributed by atoms with Crippen LogP contribution in [0.4, 0.5) is 0 Å². The Morgan fingerprint density at radius 1 is 1.22 bits per heavy atom. The van der Waals surface area contributed by atoms with Gasteiger partial charge < -0.3 is 24.6 Å². The lowest BCUT2D eigenvalue weighted by molar-refractivity contribution is -0.139. The van der Waals surface area contributed by atoms with Crippen LogP contribution in [0.1, 0.15) is 27.5 Å². The van der Waals surface area contributed by atoms with Gasteiger partial charge in [0.2, 0.25) is 0 Å². The number of hydrogen-bond donors (Lipinski definition) is 2. The minimum atomic E-state index is -1.15. The van der Waals surface area contributed by atoms with Gasteiger partial charge in [-0.15, -0.1) is 0 Å². The molecule has 1 aliphatic rings. The fourth-order valence-electron chi connectivity index (χ4n) is 2.86. The Hall–Kier alpha value is -3.06. The number of amides is 1. The summed E-state index contributed by atoms with van der Waals surface area (Å²) in [7, 11) is 1.57. The van der Waals surface area contributed by atoms with E-state index in [0.29, 0.717) is 36.7 Å². The number of nitrogens with one attached hydrogen (secondary N) is 1. The Kier molecular flexibility index (Phi) is 5.93. The smallest absolute Gasteiger partial charge is 0.330 e. The van der Waals surface area contributed by atoms with E-state index in [0.717, 1.165) is 17.7 Å². The Balaban J connectivity index is 1.74. The molecule has 0 fully saturated rings. The van der Waals surface area contributed by atoms with Crippen LogP contribution in [0.25, 0.3) is 0 Å². The molecule has 1 heterocycles. The van der Waals surface area contributed by atoms with Crippen LogP contribution in [0.2, 0.25) is 0 Å². The van der Waals surface area contributed by atoms with Crippen molar-refractivity contribution in [1.82, 2.24) is 5.32 Å². The number of carbonyl (C=O) groups is 2. The zero-order valence-corrected chi connectivity index (χ0v) is 14.9. The molecule has 7 heteroatoms. The van der Waals surface area contributed by atoms with E-state index in [1.807, 2.05) is 0 Å². The number of aliphatic carboxylic acids is 1. The number of carbonyl (C=O) groups excluding carboxylic acids is 1. The van der Waals surface area contributed by atoms with Crippen LogP contribution in [0.3, 0.4) is 0 Å². The second-order valence-electron chi connectivity index (χ2n) is 6.08. The molecule has 0 spiro atoms. The van der Waals surface area contributed by atoms with Crippen molar-refractivity contribution in [2.75, 3.05) is 26.9 Å². The highest BCUT2D eigenvalue weighted by Gasteiger charge is 2.25. The standard InChI is InChI=1S/C20H21NO6/c1-25-9-10-26-16-4-2-3-15(12-16)19(22)21-18(20(23)24)14-5-6-17-13(11-14)7-8-27-17/h2-6,11-12,18H,7-10H2,1H3,(H,21,22)(H,23,24). The fraction of sp³-hybridized carbons (Fsp3) is 0.300. The van der Waals surface area contributed by atoms with Gasteiger partial charge in [-0.1, -0.05) is 12.1 Å². The quantitative estimate of drug-likeness (QED) is 0.691. The largest absolute Gasteiger partial charge is 0.493 e. The lowest BCUT2D eigenvalue weighted by Gasteiger charge is -2.16. The Morgan fingerprint density at radius 3 is 2.85 bits per heavy atom. The molecule has 0 radical (unpaired) electrons. The molecule has 2 aromatic rings. The number of carboxylic acid groups (broad SMARTS) is 1. The second kappa shape index (κ2) is 8.55. The molecule has 1 aliphatic heterocycles. The fourth-order valence-corrected chi connectivity index (χ4v) is 2.86. The summed E-state index contributed by atoms with van der Waals surface area (Å²) in [5.41, 5.74) is 1.77. The zero-order chi connectivity index (χ0) is 19.2. The summed E-state index contributed by atoms with van der Waals surface area (Å²) in [6.07, 6.45) is 0.727. The molecule has 0 aromatic heterocycles. The van der Waals surface area contributed by atoms with Gasteiger partial charge in [-0.3, -0.25) is 4.79 Å². The van der Waals surface area contributed by atoms with Crippen LogP contribution < -0.4 is 14.8 Å². The second-order valence-corrected chi connectivity index (χ2v) is 6.08. The van der Waals surface area contributed by atoms with Crippen molar-refractivity contribution in [2.45, 2.75) is 12.5 Å². The van der Waals surface area contributed by atoms with E-state index in [9.17, 15) is 14.7 Å². The third-order valence-electron chi connectivity index (χ3n) is 4.22. The topological polar surface area (TPSA) is 94.1 Å². The molecule has 142 valence electrons. The molecule has 7 nitrogen and oxygen atoms in total. The molecular weight excluding hydrogens is 350 g/mol. The summed E-state index contributed by atoms with van der Waals surface area (Å²) in [5, 5.41) is 12.2. The Bertz CT molecular complexity index is 835. The predicted octanol–water partition coefficient (Wildman–Crippen LogP) is 2.20. The highest BCUT2D eigenvalue weighted by Crippen LogP contribution is 2.28. The summed E-state index contributed by atoms with van der Waals surface area (Å²) in [6.45, 7) is 1.37. The summed E-state index contributed by atoms with van der Waals surface area (Å²) in [4.78, 5) is 24.3. The molecule has 1 amide bonds. The lowest BCUT2D eigenvalue weighted by Crippen LogP contribution is -2.33. The van der Waals surface area contributed by atoms with Gasteiger partial charge >= 0.3 is 5.97 Å². The van der Waals surface area contributed by atoms with E-state index >= 15 is 0 Å². The van der Waals surface area contributed by atoms with E-state index in [1.165, 1.54) is 0 Å². The molecule has 1 atom stereocenters. The van der Waals surface area contributed by atoms with E-state index in [2.05, 4.69) is 5.32 Å². The average molecular weight is 371 g/mol. The Labute approximate surface area is 156 Å². The molecule has 0 saturated carbocycles. The zero-order valence-electron chi connectivity index (χ0n) is 14.9. The molecule has 3 rings (SSSR count). The first-order chi connectivity index (χ1) is 13.1. The number of fused-ring (bicyclic) bond motifs is 1. The van der Waals surface area contributed by atoms with Crippen molar-refractivity contribution in [3.63, 3.8) is 0 Å². The van der Waals surface area contributed by atoms with Gasteiger partial charge in [-0.05, 0) is 41.5 Å². The van der Waals surface area contributed by atoms with Crippen LogP contribution >= 0.6 is 0 Å².